The van der Waals surface area contributed by atoms with Crippen LogP contribution < -0.4 is 15.4 Å². The molecule has 0 atom stereocenters. The standard InChI is InChI=1S/C22H30N4O3/c27-21(7-4-14-29-20-5-2-1-3-6-20)26-18-10-8-17(9-11-18)22(28)24-13-12-19-15-23-16-25-19/h1-3,5-6,15-18H,4,7-14H2,(H,23,25)(H,24,28)(H,26,27). The van der Waals surface area contributed by atoms with Crippen LogP contribution in [0.1, 0.15) is 44.2 Å². The normalized spacial score (nSPS) is 18.8. The van der Waals surface area contributed by atoms with Gasteiger partial charge in [-0.25, -0.2) is 4.98 Å². The fourth-order valence-corrected chi connectivity index (χ4v) is 3.63. The van der Waals surface area contributed by atoms with E-state index >= 15 is 0 Å². The number of benzene rings is 1. The second-order valence-corrected chi connectivity index (χ2v) is 7.50. The lowest BCUT2D eigenvalue weighted by Crippen LogP contribution is -2.41. The number of carbonyl (C=O) groups is 2. The van der Waals surface area contributed by atoms with Crippen LogP contribution in [0.2, 0.25) is 0 Å². The summed E-state index contributed by atoms with van der Waals surface area (Å²) in [6.45, 7) is 1.14. The van der Waals surface area contributed by atoms with Gasteiger partial charge in [0.25, 0.3) is 0 Å². The van der Waals surface area contributed by atoms with Crippen molar-refractivity contribution < 1.29 is 14.3 Å². The van der Waals surface area contributed by atoms with Crippen molar-refractivity contribution in [3.63, 3.8) is 0 Å². The number of hydrogen-bond donors (Lipinski definition) is 3. The largest absolute Gasteiger partial charge is 0.494 e. The van der Waals surface area contributed by atoms with E-state index in [2.05, 4.69) is 20.6 Å². The molecule has 156 valence electrons. The smallest absolute Gasteiger partial charge is 0.223 e. The van der Waals surface area contributed by atoms with Gasteiger partial charge in [-0.15, -0.1) is 0 Å². The number of H-pyrrole nitrogens is 1. The van der Waals surface area contributed by atoms with Gasteiger partial charge in [0, 0.05) is 43.2 Å². The molecule has 1 saturated carbocycles. The van der Waals surface area contributed by atoms with Crippen LogP contribution in [-0.4, -0.2) is 41.0 Å². The highest BCUT2D eigenvalue weighted by molar-refractivity contribution is 5.79. The SMILES string of the molecule is O=C(CCCOc1ccccc1)NC1CCC(C(=O)NCCc2cnc[nH]2)CC1. The van der Waals surface area contributed by atoms with Gasteiger partial charge in [0.2, 0.25) is 11.8 Å². The number of imidazole rings is 1. The van der Waals surface area contributed by atoms with Gasteiger partial charge >= 0.3 is 0 Å². The Morgan fingerprint density at radius 1 is 1.14 bits per heavy atom. The third-order valence-electron chi connectivity index (χ3n) is 5.27. The van der Waals surface area contributed by atoms with Crippen LogP contribution in [-0.2, 0) is 16.0 Å². The number of rotatable bonds is 10. The Bertz CT molecular complexity index is 741. The predicted octanol–water partition coefficient (Wildman–Crippen LogP) is 2.60. The molecule has 1 aliphatic carbocycles. The van der Waals surface area contributed by atoms with E-state index in [0.29, 0.717) is 26.0 Å². The van der Waals surface area contributed by atoms with Crippen molar-refractivity contribution in [2.24, 2.45) is 5.92 Å². The van der Waals surface area contributed by atoms with Gasteiger partial charge in [-0.05, 0) is 44.2 Å². The van der Waals surface area contributed by atoms with Crippen LogP contribution in [0.3, 0.4) is 0 Å². The number of para-hydroxylation sites is 1. The highest BCUT2D eigenvalue weighted by Crippen LogP contribution is 2.24. The summed E-state index contributed by atoms with van der Waals surface area (Å²) < 4.78 is 5.61. The second kappa shape index (κ2) is 11.2. The fraction of sp³-hybridized carbons (Fsp3) is 0.500. The maximum Gasteiger partial charge on any atom is 0.223 e. The van der Waals surface area contributed by atoms with Crippen LogP contribution >= 0.6 is 0 Å². The molecule has 0 bridgehead atoms. The van der Waals surface area contributed by atoms with Crippen molar-refractivity contribution in [1.29, 1.82) is 0 Å². The molecular formula is C22H30N4O3. The topological polar surface area (TPSA) is 96.1 Å². The molecule has 3 N–H and O–H groups in total. The van der Waals surface area contributed by atoms with Gasteiger partial charge in [0.1, 0.15) is 5.75 Å². The van der Waals surface area contributed by atoms with Gasteiger partial charge in [-0.1, -0.05) is 18.2 Å². The Balaban J connectivity index is 1.25. The van der Waals surface area contributed by atoms with E-state index in [1.165, 1.54) is 0 Å². The average molecular weight is 399 g/mol. The quantitative estimate of drug-likeness (QED) is 0.536. The average Bonchev–Trinajstić information content (AvgIpc) is 3.26. The Hall–Kier alpha value is -2.83. The summed E-state index contributed by atoms with van der Waals surface area (Å²) >= 11 is 0. The van der Waals surface area contributed by atoms with E-state index in [0.717, 1.165) is 43.5 Å². The molecule has 1 aromatic carbocycles. The molecule has 1 heterocycles. The third kappa shape index (κ3) is 7.25. The zero-order valence-electron chi connectivity index (χ0n) is 16.7. The highest BCUT2D eigenvalue weighted by atomic mass is 16.5. The molecule has 2 aromatic rings. The van der Waals surface area contributed by atoms with E-state index in [1.54, 1.807) is 12.5 Å². The number of hydrogen-bond acceptors (Lipinski definition) is 4. The van der Waals surface area contributed by atoms with Crippen molar-refractivity contribution in [3.05, 3.63) is 48.5 Å². The minimum atomic E-state index is 0.0455. The zero-order chi connectivity index (χ0) is 20.3. The third-order valence-corrected chi connectivity index (χ3v) is 5.27. The molecule has 0 saturated heterocycles. The van der Waals surface area contributed by atoms with Crippen LogP contribution in [0, 0.1) is 5.92 Å². The van der Waals surface area contributed by atoms with E-state index in [1.807, 2.05) is 30.3 Å². The summed E-state index contributed by atoms with van der Waals surface area (Å²) in [5.74, 6) is 1.06. The monoisotopic (exact) mass is 398 g/mol. The molecule has 1 aliphatic rings. The maximum absolute atomic E-state index is 12.3. The number of carbonyl (C=O) groups excluding carboxylic acids is 2. The van der Waals surface area contributed by atoms with Crippen molar-refractivity contribution in [2.75, 3.05) is 13.2 Å². The molecular weight excluding hydrogens is 368 g/mol. The van der Waals surface area contributed by atoms with Crippen molar-refractivity contribution in [1.82, 2.24) is 20.6 Å². The van der Waals surface area contributed by atoms with E-state index in [9.17, 15) is 9.59 Å². The number of nitrogens with one attached hydrogen (secondary N) is 3. The van der Waals surface area contributed by atoms with Crippen LogP contribution in [0.15, 0.2) is 42.9 Å². The van der Waals surface area contributed by atoms with E-state index in [-0.39, 0.29) is 23.8 Å². The second-order valence-electron chi connectivity index (χ2n) is 7.50. The summed E-state index contributed by atoms with van der Waals surface area (Å²) in [5.41, 5.74) is 1.02. The lowest BCUT2D eigenvalue weighted by molar-refractivity contribution is -0.126. The lowest BCUT2D eigenvalue weighted by Gasteiger charge is -2.28. The van der Waals surface area contributed by atoms with Crippen LogP contribution in [0.25, 0.3) is 0 Å². The van der Waals surface area contributed by atoms with Crippen molar-refractivity contribution in [3.8, 4) is 5.75 Å². The number of amides is 2. The number of ether oxygens (including phenoxy) is 1. The van der Waals surface area contributed by atoms with Crippen molar-refractivity contribution >= 4 is 11.8 Å². The van der Waals surface area contributed by atoms with Crippen LogP contribution in [0.4, 0.5) is 0 Å². The summed E-state index contributed by atoms with van der Waals surface area (Å²) in [7, 11) is 0. The first-order valence-electron chi connectivity index (χ1n) is 10.4. The molecule has 29 heavy (non-hydrogen) atoms. The first-order chi connectivity index (χ1) is 14.2. The lowest BCUT2D eigenvalue weighted by atomic mass is 9.85. The summed E-state index contributed by atoms with van der Waals surface area (Å²) in [4.78, 5) is 31.4. The van der Waals surface area contributed by atoms with Gasteiger partial charge in [0.15, 0.2) is 0 Å². The summed E-state index contributed by atoms with van der Waals surface area (Å²) in [5, 5.41) is 6.11. The van der Waals surface area contributed by atoms with E-state index in [4.69, 9.17) is 4.74 Å². The molecule has 1 aromatic heterocycles. The first-order valence-corrected chi connectivity index (χ1v) is 10.4. The van der Waals surface area contributed by atoms with Gasteiger partial charge in [-0.2, -0.15) is 0 Å². The Labute approximate surface area is 171 Å². The Kier molecular flexibility index (Phi) is 8.10. The first kappa shape index (κ1) is 20.9. The minimum Gasteiger partial charge on any atom is -0.494 e. The van der Waals surface area contributed by atoms with E-state index < -0.39 is 0 Å². The number of aromatic amines is 1. The Morgan fingerprint density at radius 2 is 1.93 bits per heavy atom. The number of nitrogens with zero attached hydrogens (tertiary/aromatic N) is 1. The van der Waals surface area contributed by atoms with Crippen molar-refractivity contribution in [2.45, 2.75) is 51.0 Å². The molecule has 2 amide bonds. The van der Waals surface area contributed by atoms with Gasteiger partial charge in [0.05, 0.1) is 12.9 Å². The minimum absolute atomic E-state index is 0.0455. The molecule has 0 unspecified atom stereocenters. The van der Waals surface area contributed by atoms with Gasteiger partial charge < -0.3 is 20.4 Å². The predicted molar refractivity (Wildman–Crippen MR) is 110 cm³/mol. The number of aromatic nitrogens is 2. The molecule has 0 aliphatic heterocycles. The fourth-order valence-electron chi connectivity index (χ4n) is 3.63. The molecule has 0 spiro atoms. The summed E-state index contributed by atoms with van der Waals surface area (Å²) in [6, 6.07) is 9.79. The van der Waals surface area contributed by atoms with Crippen LogP contribution in [0.5, 0.6) is 5.75 Å². The molecule has 0 radical (unpaired) electrons. The summed E-state index contributed by atoms with van der Waals surface area (Å²) in [6.07, 6.45) is 8.66. The molecule has 1 fully saturated rings. The zero-order valence-corrected chi connectivity index (χ0v) is 16.7. The molecule has 3 rings (SSSR count). The maximum atomic E-state index is 12.3. The molecule has 7 nitrogen and oxygen atoms in total. The van der Waals surface area contributed by atoms with Gasteiger partial charge in [-0.3, -0.25) is 9.59 Å². The Morgan fingerprint density at radius 3 is 2.66 bits per heavy atom. The highest BCUT2D eigenvalue weighted by Gasteiger charge is 2.26. The molecule has 7 heteroatoms.